The van der Waals surface area contributed by atoms with Crippen molar-refractivity contribution in [2.45, 2.75) is 39.2 Å². The van der Waals surface area contributed by atoms with E-state index < -0.39 is 11.7 Å². The average molecular weight is 422 g/mol. The van der Waals surface area contributed by atoms with Crippen LogP contribution in [0.15, 0.2) is 0 Å². The van der Waals surface area contributed by atoms with Crippen molar-refractivity contribution in [3.63, 3.8) is 0 Å². The van der Waals surface area contributed by atoms with Gasteiger partial charge in [-0.3, -0.25) is 4.79 Å². The molecule has 0 atom stereocenters. The molecule has 0 rings (SSSR count). The van der Waals surface area contributed by atoms with Gasteiger partial charge < -0.3 is 40.1 Å². The lowest BCUT2D eigenvalue weighted by atomic mass is 10.2. The highest BCUT2D eigenvalue weighted by Gasteiger charge is 2.15. The van der Waals surface area contributed by atoms with E-state index in [-0.39, 0.29) is 12.3 Å². The Morgan fingerprint density at radius 1 is 0.759 bits per heavy atom. The fourth-order valence-corrected chi connectivity index (χ4v) is 1.92. The molecule has 0 bridgehead atoms. The van der Waals surface area contributed by atoms with Gasteiger partial charge >= 0.3 is 6.09 Å². The number of hydrogen-bond acceptors (Lipinski definition) is 8. The van der Waals surface area contributed by atoms with Gasteiger partial charge in [-0.1, -0.05) is 0 Å². The average Bonchev–Trinajstić information content (AvgIpc) is 2.63. The van der Waals surface area contributed by atoms with Gasteiger partial charge in [-0.05, 0) is 27.2 Å². The molecule has 10 nitrogen and oxygen atoms in total. The summed E-state index contributed by atoms with van der Waals surface area (Å²) in [6.07, 6.45) is 0.453. The molecule has 4 N–H and O–H groups in total. The van der Waals surface area contributed by atoms with Crippen LogP contribution in [0.4, 0.5) is 4.79 Å². The number of nitrogens with one attached hydrogen (secondary N) is 2. The highest BCUT2D eigenvalue weighted by molar-refractivity contribution is 5.75. The van der Waals surface area contributed by atoms with Gasteiger partial charge in [0.1, 0.15) is 5.60 Å². The van der Waals surface area contributed by atoms with Crippen LogP contribution in [0.2, 0.25) is 0 Å². The van der Waals surface area contributed by atoms with Crippen molar-refractivity contribution < 1.29 is 33.3 Å². The molecule has 0 aliphatic rings. The molecule has 10 heteroatoms. The fourth-order valence-electron chi connectivity index (χ4n) is 1.92. The number of amides is 2. The Hall–Kier alpha value is -1.46. The van der Waals surface area contributed by atoms with Crippen molar-refractivity contribution in [2.75, 3.05) is 72.5 Å². The number of alkyl carbamates (subject to hydrolysis) is 1. The summed E-state index contributed by atoms with van der Waals surface area (Å²) in [4.78, 5) is 23.1. The van der Waals surface area contributed by atoms with Crippen LogP contribution in [0, 0.1) is 0 Å². The lowest BCUT2D eigenvalue weighted by Crippen LogP contribution is -2.34. The highest BCUT2D eigenvalue weighted by Crippen LogP contribution is 2.06. The predicted octanol–water partition coefficient (Wildman–Crippen LogP) is 0.433. The summed E-state index contributed by atoms with van der Waals surface area (Å²) in [6, 6.07) is 0. The zero-order valence-electron chi connectivity index (χ0n) is 18.1. The Labute approximate surface area is 174 Å². The van der Waals surface area contributed by atoms with Gasteiger partial charge in [-0.25, -0.2) is 4.79 Å². The first-order valence-electron chi connectivity index (χ1n) is 10.1. The van der Waals surface area contributed by atoms with E-state index in [4.69, 9.17) is 29.4 Å². The van der Waals surface area contributed by atoms with Crippen molar-refractivity contribution in [2.24, 2.45) is 5.73 Å². The first kappa shape index (κ1) is 27.5. The SMILES string of the molecule is CC(C)(C)OC(=O)NCCCNC(=O)CCOCCOCCOCCOCCN. The van der Waals surface area contributed by atoms with E-state index in [9.17, 15) is 9.59 Å². The number of carbonyl (C=O) groups excluding carboxylic acids is 2. The molecule has 0 saturated heterocycles. The molecule has 0 aliphatic carbocycles. The molecular formula is C19H39N3O7. The summed E-state index contributed by atoms with van der Waals surface area (Å²) in [5.74, 6) is -0.0894. The predicted molar refractivity (Wildman–Crippen MR) is 109 cm³/mol. The third-order valence-electron chi connectivity index (χ3n) is 3.20. The summed E-state index contributed by atoms with van der Waals surface area (Å²) < 4.78 is 26.3. The van der Waals surface area contributed by atoms with E-state index in [0.717, 1.165) is 0 Å². The van der Waals surface area contributed by atoms with Crippen LogP contribution in [-0.4, -0.2) is 90.1 Å². The second-order valence-corrected chi connectivity index (χ2v) is 7.12. The van der Waals surface area contributed by atoms with Crippen LogP contribution in [0.5, 0.6) is 0 Å². The number of rotatable bonds is 18. The number of hydrogen-bond donors (Lipinski definition) is 3. The van der Waals surface area contributed by atoms with Crippen molar-refractivity contribution in [3.05, 3.63) is 0 Å². The molecule has 0 aromatic carbocycles. The van der Waals surface area contributed by atoms with Crippen LogP contribution in [0.25, 0.3) is 0 Å². The Kier molecular flexibility index (Phi) is 17.6. The van der Waals surface area contributed by atoms with E-state index in [2.05, 4.69) is 10.6 Å². The second-order valence-electron chi connectivity index (χ2n) is 7.12. The smallest absolute Gasteiger partial charge is 0.407 e. The van der Waals surface area contributed by atoms with Gasteiger partial charge in [-0.15, -0.1) is 0 Å². The summed E-state index contributed by atoms with van der Waals surface area (Å²) in [5, 5.41) is 5.41. The van der Waals surface area contributed by atoms with Crippen LogP contribution < -0.4 is 16.4 Å². The standard InChI is InChI=1S/C19H39N3O7/c1-19(2,3)29-18(24)22-8-4-7-21-17(23)5-9-25-11-13-27-15-16-28-14-12-26-10-6-20/h4-16,20H2,1-3H3,(H,21,23)(H,22,24). The minimum absolute atomic E-state index is 0.0894. The monoisotopic (exact) mass is 421 g/mol. The van der Waals surface area contributed by atoms with Gasteiger partial charge in [0.25, 0.3) is 0 Å². The molecule has 0 saturated carbocycles. The quantitative estimate of drug-likeness (QED) is 0.272. The number of ether oxygens (including phenoxy) is 5. The molecule has 0 heterocycles. The lowest BCUT2D eigenvalue weighted by molar-refractivity contribution is -0.122. The van der Waals surface area contributed by atoms with E-state index in [1.807, 2.05) is 0 Å². The van der Waals surface area contributed by atoms with Gasteiger partial charge in [0.05, 0.1) is 52.9 Å². The molecule has 0 radical (unpaired) electrons. The topological polar surface area (TPSA) is 130 Å². The highest BCUT2D eigenvalue weighted by atomic mass is 16.6. The molecule has 0 spiro atoms. The van der Waals surface area contributed by atoms with Crippen LogP contribution >= 0.6 is 0 Å². The maximum Gasteiger partial charge on any atom is 0.407 e. The first-order chi connectivity index (χ1) is 13.8. The lowest BCUT2D eigenvalue weighted by Gasteiger charge is -2.19. The largest absolute Gasteiger partial charge is 0.444 e. The summed E-state index contributed by atoms with van der Waals surface area (Å²) in [6.45, 7) is 10.6. The minimum Gasteiger partial charge on any atom is -0.444 e. The van der Waals surface area contributed by atoms with E-state index in [1.54, 1.807) is 20.8 Å². The third kappa shape index (κ3) is 22.7. The Balaban J connectivity index is 3.29. The number of nitrogens with two attached hydrogens (primary N) is 1. The summed E-state index contributed by atoms with van der Waals surface area (Å²) >= 11 is 0. The van der Waals surface area contributed by atoms with E-state index in [1.165, 1.54) is 0 Å². The van der Waals surface area contributed by atoms with Gasteiger partial charge in [-0.2, -0.15) is 0 Å². The molecular weight excluding hydrogens is 382 g/mol. The molecule has 0 fully saturated rings. The Morgan fingerprint density at radius 2 is 1.24 bits per heavy atom. The van der Waals surface area contributed by atoms with E-state index in [0.29, 0.717) is 78.9 Å². The number of carbonyl (C=O) groups is 2. The zero-order chi connectivity index (χ0) is 21.8. The van der Waals surface area contributed by atoms with Gasteiger partial charge in [0.15, 0.2) is 0 Å². The van der Waals surface area contributed by atoms with Crippen molar-refractivity contribution in [1.82, 2.24) is 10.6 Å². The molecule has 0 aromatic heterocycles. The molecule has 0 aromatic rings. The second kappa shape index (κ2) is 18.6. The molecule has 29 heavy (non-hydrogen) atoms. The maximum atomic E-state index is 11.7. The van der Waals surface area contributed by atoms with Crippen molar-refractivity contribution in [3.8, 4) is 0 Å². The molecule has 0 unspecified atom stereocenters. The first-order valence-corrected chi connectivity index (χ1v) is 10.1. The molecule has 172 valence electrons. The maximum absolute atomic E-state index is 11.7. The minimum atomic E-state index is -0.517. The third-order valence-corrected chi connectivity index (χ3v) is 3.20. The fraction of sp³-hybridized carbons (Fsp3) is 0.895. The zero-order valence-corrected chi connectivity index (χ0v) is 18.1. The van der Waals surface area contributed by atoms with Crippen LogP contribution in [0.3, 0.4) is 0 Å². The van der Waals surface area contributed by atoms with Gasteiger partial charge in [0.2, 0.25) is 5.91 Å². The molecule has 0 aliphatic heterocycles. The Morgan fingerprint density at radius 3 is 1.76 bits per heavy atom. The van der Waals surface area contributed by atoms with Crippen LogP contribution in [-0.2, 0) is 28.5 Å². The molecule has 2 amide bonds. The Bertz CT molecular complexity index is 417. The van der Waals surface area contributed by atoms with Gasteiger partial charge in [0, 0.05) is 26.1 Å². The summed E-state index contributed by atoms with van der Waals surface area (Å²) in [7, 11) is 0. The van der Waals surface area contributed by atoms with Crippen molar-refractivity contribution >= 4 is 12.0 Å². The van der Waals surface area contributed by atoms with Crippen LogP contribution in [0.1, 0.15) is 33.6 Å². The van der Waals surface area contributed by atoms with E-state index >= 15 is 0 Å². The summed E-state index contributed by atoms with van der Waals surface area (Å²) in [5.41, 5.74) is 4.78. The normalized spacial score (nSPS) is 11.3. The van der Waals surface area contributed by atoms with Crippen molar-refractivity contribution in [1.29, 1.82) is 0 Å².